The van der Waals surface area contributed by atoms with Gasteiger partial charge in [0.2, 0.25) is 0 Å². The number of nitrogens with zero attached hydrogens (tertiary/aromatic N) is 1. The zero-order valence-electron chi connectivity index (χ0n) is 10.7. The van der Waals surface area contributed by atoms with Crippen LogP contribution in [0.25, 0.3) is 0 Å². The van der Waals surface area contributed by atoms with E-state index in [4.69, 9.17) is 4.74 Å². The van der Waals surface area contributed by atoms with Crippen molar-refractivity contribution in [2.45, 2.75) is 51.0 Å². The quantitative estimate of drug-likeness (QED) is 0.435. The van der Waals surface area contributed by atoms with Crippen LogP contribution in [0.5, 0.6) is 0 Å². The normalized spacial score (nSPS) is 25.7. The number of rotatable bonds is 2. The van der Waals surface area contributed by atoms with Crippen LogP contribution in [0.2, 0.25) is 0 Å². The van der Waals surface area contributed by atoms with E-state index in [9.17, 15) is 14.4 Å². The average Bonchev–Trinajstić information content (AvgIpc) is 2.64. The number of hydrogen-bond acceptors (Lipinski definition) is 5. The fraction of sp³-hybridized carbons (Fsp3) is 0.615. The molecule has 6 nitrogen and oxygen atoms in total. The number of hydrogen-bond donors (Lipinski definition) is 0. The van der Waals surface area contributed by atoms with Crippen molar-refractivity contribution in [1.82, 2.24) is 5.06 Å². The Labute approximate surface area is 111 Å². The van der Waals surface area contributed by atoms with Crippen LogP contribution in [0.1, 0.15) is 44.9 Å². The van der Waals surface area contributed by atoms with Gasteiger partial charge in [0.25, 0.3) is 11.8 Å². The van der Waals surface area contributed by atoms with Gasteiger partial charge in [-0.15, -0.1) is 0 Å². The van der Waals surface area contributed by atoms with Gasteiger partial charge in [0, 0.05) is 12.8 Å². The van der Waals surface area contributed by atoms with Crippen molar-refractivity contribution in [3.05, 3.63) is 12.2 Å². The van der Waals surface area contributed by atoms with Crippen molar-refractivity contribution in [1.29, 1.82) is 0 Å². The van der Waals surface area contributed by atoms with Crippen LogP contribution in [-0.2, 0) is 19.2 Å². The largest absolute Gasteiger partial charge is 0.534 e. The number of ether oxygens (including phenoxy) is 1. The van der Waals surface area contributed by atoms with Crippen molar-refractivity contribution in [2.24, 2.45) is 0 Å². The van der Waals surface area contributed by atoms with Crippen molar-refractivity contribution in [3.8, 4) is 0 Å². The molecule has 2 rings (SSSR count). The summed E-state index contributed by atoms with van der Waals surface area (Å²) < 4.78 is 5.14. The summed E-state index contributed by atoms with van der Waals surface area (Å²) >= 11 is 0. The van der Waals surface area contributed by atoms with Gasteiger partial charge >= 0.3 is 6.16 Å². The Kier molecular flexibility index (Phi) is 4.54. The molecule has 1 fully saturated rings. The molecule has 6 heteroatoms. The molecule has 104 valence electrons. The lowest BCUT2D eigenvalue weighted by molar-refractivity contribution is -0.178. The van der Waals surface area contributed by atoms with Gasteiger partial charge in [-0.25, -0.2) is 4.79 Å². The standard InChI is InChI=1S/C13H17NO5/c15-11-8-9-12(16)14(11)19-13(17)18-10-6-4-2-1-3-5-7-10/h1-2,10H,3-9H2/b2-1-/t10-/m0/s1. The summed E-state index contributed by atoms with van der Waals surface area (Å²) in [5.41, 5.74) is 0. The van der Waals surface area contributed by atoms with Crippen LogP contribution in [-0.4, -0.2) is 29.1 Å². The van der Waals surface area contributed by atoms with E-state index in [0.29, 0.717) is 5.06 Å². The molecule has 0 aromatic rings. The summed E-state index contributed by atoms with van der Waals surface area (Å²) in [6, 6.07) is 0. The van der Waals surface area contributed by atoms with E-state index < -0.39 is 18.0 Å². The molecule has 2 amide bonds. The van der Waals surface area contributed by atoms with E-state index >= 15 is 0 Å². The molecule has 0 unspecified atom stereocenters. The molecule has 1 aliphatic carbocycles. The summed E-state index contributed by atoms with van der Waals surface area (Å²) in [6.07, 6.45) is 7.41. The molecule has 1 atom stereocenters. The maximum absolute atomic E-state index is 11.5. The maximum atomic E-state index is 11.5. The van der Waals surface area contributed by atoms with E-state index in [2.05, 4.69) is 17.0 Å². The zero-order chi connectivity index (χ0) is 13.7. The lowest BCUT2D eigenvalue weighted by Gasteiger charge is -2.19. The minimum Gasteiger partial charge on any atom is -0.429 e. The Balaban J connectivity index is 1.81. The molecule has 0 bridgehead atoms. The van der Waals surface area contributed by atoms with Gasteiger partial charge in [-0.1, -0.05) is 17.2 Å². The third-order valence-electron chi connectivity index (χ3n) is 3.15. The highest BCUT2D eigenvalue weighted by Crippen LogP contribution is 2.18. The lowest BCUT2D eigenvalue weighted by Crippen LogP contribution is -2.33. The van der Waals surface area contributed by atoms with E-state index in [0.717, 1.165) is 32.1 Å². The Bertz CT molecular complexity index is 388. The number of imide groups is 1. The fourth-order valence-corrected chi connectivity index (χ4v) is 2.13. The molecule has 0 radical (unpaired) electrons. The number of carbonyl (C=O) groups is 3. The summed E-state index contributed by atoms with van der Waals surface area (Å²) in [6.45, 7) is 0. The Hall–Kier alpha value is -1.85. The minimum absolute atomic E-state index is 0.0837. The number of amides is 2. The third kappa shape index (κ3) is 3.81. The molecule has 2 aliphatic rings. The molecule has 19 heavy (non-hydrogen) atoms. The smallest absolute Gasteiger partial charge is 0.429 e. The highest BCUT2D eigenvalue weighted by Gasteiger charge is 2.33. The van der Waals surface area contributed by atoms with Gasteiger partial charge in [0.1, 0.15) is 6.10 Å². The predicted molar refractivity (Wildman–Crippen MR) is 64.7 cm³/mol. The summed E-state index contributed by atoms with van der Waals surface area (Å²) in [7, 11) is 0. The zero-order valence-corrected chi connectivity index (χ0v) is 10.7. The Morgan fingerprint density at radius 2 is 1.79 bits per heavy atom. The van der Waals surface area contributed by atoms with Gasteiger partial charge in [0.15, 0.2) is 0 Å². The van der Waals surface area contributed by atoms with Crippen molar-refractivity contribution >= 4 is 18.0 Å². The second-order valence-electron chi connectivity index (χ2n) is 4.64. The molecule has 0 N–H and O–H groups in total. The van der Waals surface area contributed by atoms with E-state index in [1.807, 2.05) is 0 Å². The summed E-state index contributed by atoms with van der Waals surface area (Å²) in [4.78, 5) is 38.8. The molecule has 0 saturated carbocycles. The molecule has 0 aromatic heterocycles. The highest BCUT2D eigenvalue weighted by molar-refractivity contribution is 6.01. The molecule has 1 aliphatic heterocycles. The molecule has 1 saturated heterocycles. The van der Waals surface area contributed by atoms with Gasteiger partial charge < -0.3 is 4.74 Å². The summed E-state index contributed by atoms with van der Waals surface area (Å²) in [5, 5.41) is 0.505. The third-order valence-corrected chi connectivity index (χ3v) is 3.15. The van der Waals surface area contributed by atoms with Gasteiger partial charge in [-0.05, 0) is 32.1 Å². The summed E-state index contributed by atoms with van der Waals surface area (Å²) in [5.74, 6) is -0.995. The van der Waals surface area contributed by atoms with Crippen LogP contribution in [0.15, 0.2) is 12.2 Å². The monoisotopic (exact) mass is 267 g/mol. The van der Waals surface area contributed by atoms with Gasteiger partial charge in [-0.3, -0.25) is 14.4 Å². The van der Waals surface area contributed by atoms with E-state index in [-0.39, 0.29) is 18.9 Å². The van der Waals surface area contributed by atoms with Crippen LogP contribution in [0.3, 0.4) is 0 Å². The first-order valence-corrected chi connectivity index (χ1v) is 6.56. The first kappa shape index (κ1) is 13.6. The fourth-order valence-electron chi connectivity index (χ4n) is 2.13. The van der Waals surface area contributed by atoms with Crippen LogP contribution < -0.4 is 0 Å². The molecule has 0 spiro atoms. The van der Waals surface area contributed by atoms with Crippen LogP contribution >= 0.6 is 0 Å². The second kappa shape index (κ2) is 6.36. The van der Waals surface area contributed by atoms with Gasteiger partial charge in [-0.2, -0.15) is 0 Å². The lowest BCUT2D eigenvalue weighted by atomic mass is 10.0. The van der Waals surface area contributed by atoms with E-state index in [1.165, 1.54) is 0 Å². The molecule has 0 aromatic carbocycles. The highest BCUT2D eigenvalue weighted by atomic mass is 16.8. The topological polar surface area (TPSA) is 72.9 Å². The maximum Gasteiger partial charge on any atom is 0.534 e. The first-order chi connectivity index (χ1) is 9.16. The first-order valence-electron chi connectivity index (χ1n) is 6.56. The van der Waals surface area contributed by atoms with Crippen molar-refractivity contribution in [3.63, 3.8) is 0 Å². The Morgan fingerprint density at radius 3 is 2.53 bits per heavy atom. The molecular formula is C13H17NO5. The predicted octanol–water partition coefficient (Wildman–Crippen LogP) is 2.09. The molecule has 1 heterocycles. The van der Waals surface area contributed by atoms with Gasteiger partial charge in [0.05, 0.1) is 0 Å². The van der Waals surface area contributed by atoms with E-state index in [1.54, 1.807) is 0 Å². The SMILES string of the molecule is O=C(O[C@H]1CC/C=C\CCC1)ON1C(=O)CCC1=O. The number of hydroxylamine groups is 2. The second-order valence-corrected chi connectivity index (χ2v) is 4.64. The van der Waals surface area contributed by atoms with Crippen LogP contribution in [0, 0.1) is 0 Å². The number of allylic oxidation sites excluding steroid dienone is 2. The average molecular weight is 267 g/mol. The van der Waals surface area contributed by atoms with Crippen molar-refractivity contribution in [2.75, 3.05) is 0 Å². The van der Waals surface area contributed by atoms with Crippen molar-refractivity contribution < 1.29 is 24.0 Å². The van der Waals surface area contributed by atoms with Crippen LogP contribution in [0.4, 0.5) is 4.79 Å². The number of carbonyl (C=O) groups excluding carboxylic acids is 3. The minimum atomic E-state index is -0.974. The molecular weight excluding hydrogens is 250 g/mol. The Morgan fingerprint density at radius 1 is 1.11 bits per heavy atom.